The van der Waals surface area contributed by atoms with Gasteiger partial charge in [0.15, 0.2) is 17.4 Å². The third-order valence-corrected chi connectivity index (χ3v) is 7.88. The van der Waals surface area contributed by atoms with Gasteiger partial charge in [-0.2, -0.15) is 0 Å². The highest BCUT2D eigenvalue weighted by atomic mass is 19.2. The third-order valence-electron chi connectivity index (χ3n) is 7.88. The molecule has 3 aromatic carbocycles. The average Bonchev–Trinajstić information content (AvgIpc) is 3.48. The molecule has 194 valence electrons. The molecule has 1 unspecified atom stereocenters. The number of carbonyl (C=O) groups excluding carboxylic acids is 1. The first-order valence-electron chi connectivity index (χ1n) is 12.8. The number of hydrogen-bond donors (Lipinski definition) is 1. The van der Waals surface area contributed by atoms with E-state index in [4.69, 9.17) is 9.15 Å². The molecule has 0 bridgehead atoms. The molecule has 1 N–H and O–H groups in total. The van der Waals surface area contributed by atoms with Crippen molar-refractivity contribution in [3.63, 3.8) is 0 Å². The number of ketones is 1. The standard InChI is InChI=1S/C31H28F2N2O3/c1-37-23-8-5-21(6-9-23)29-30(36)24-10-7-22(28-3-2-16-38-28)18-27(24)34-31(29)12-14-35(15-13-31)19-20-4-11-25(32)26(33)17-20/h2-11,16-18,29,34H,12-15,19H2,1H3. The van der Waals surface area contributed by atoms with E-state index >= 15 is 0 Å². The van der Waals surface area contributed by atoms with E-state index in [9.17, 15) is 13.6 Å². The maximum Gasteiger partial charge on any atom is 0.174 e. The van der Waals surface area contributed by atoms with E-state index in [1.165, 1.54) is 12.1 Å². The molecule has 2 aliphatic rings. The number of halogens is 2. The number of nitrogens with one attached hydrogen (secondary N) is 1. The van der Waals surface area contributed by atoms with E-state index in [1.54, 1.807) is 19.4 Å². The lowest BCUT2D eigenvalue weighted by molar-refractivity contribution is 0.0842. The zero-order chi connectivity index (χ0) is 26.3. The van der Waals surface area contributed by atoms with Crippen LogP contribution in [-0.2, 0) is 6.54 Å². The highest BCUT2D eigenvalue weighted by Crippen LogP contribution is 2.47. The summed E-state index contributed by atoms with van der Waals surface area (Å²) in [5.74, 6) is -0.478. The van der Waals surface area contributed by atoms with Gasteiger partial charge in [0, 0.05) is 36.4 Å². The smallest absolute Gasteiger partial charge is 0.174 e. The van der Waals surface area contributed by atoms with Crippen LogP contribution in [0.4, 0.5) is 14.5 Å². The van der Waals surface area contributed by atoms with Crippen molar-refractivity contribution in [1.29, 1.82) is 0 Å². The van der Waals surface area contributed by atoms with E-state index in [1.807, 2.05) is 54.6 Å². The number of hydrogen-bond acceptors (Lipinski definition) is 5. The van der Waals surface area contributed by atoms with Crippen LogP contribution < -0.4 is 10.1 Å². The Kier molecular flexibility index (Phi) is 6.24. The van der Waals surface area contributed by atoms with Gasteiger partial charge in [0.05, 0.1) is 24.8 Å². The van der Waals surface area contributed by atoms with Crippen molar-refractivity contribution in [2.75, 3.05) is 25.5 Å². The third kappa shape index (κ3) is 4.37. The molecule has 1 fully saturated rings. The molecule has 0 aliphatic carbocycles. The summed E-state index contributed by atoms with van der Waals surface area (Å²) in [6.45, 7) is 1.94. The minimum atomic E-state index is -0.841. The summed E-state index contributed by atoms with van der Waals surface area (Å²) in [6, 6.07) is 21.3. The van der Waals surface area contributed by atoms with E-state index in [-0.39, 0.29) is 11.7 Å². The lowest BCUT2D eigenvalue weighted by Gasteiger charge is -2.50. The Bertz CT molecular complexity index is 1460. The van der Waals surface area contributed by atoms with E-state index in [0.717, 1.165) is 33.9 Å². The van der Waals surface area contributed by atoms with E-state index < -0.39 is 17.2 Å². The predicted octanol–water partition coefficient (Wildman–Crippen LogP) is 6.66. The molecule has 5 nitrogen and oxygen atoms in total. The van der Waals surface area contributed by atoms with Crippen molar-refractivity contribution < 1.29 is 22.7 Å². The number of Topliss-reactive ketones (excluding diaryl/α,β-unsaturated/α-hetero) is 1. The molecule has 1 atom stereocenters. The van der Waals surface area contributed by atoms with E-state index in [0.29, 0.717) is 38.0 Å². The van der Waals surface area contributed by atoms with E-state index in [2.05, 4.69) is 10.2 Å². The molecule has 0 radical (unpaired) electrons. The zero-order valence-corrected chi connectivity index (χ0v) is 21.0. The summed E-state index contributed by atoms with van der Waals surface area (Å²) in [7, 11) is 1.62. The van der Waals surface area contributed by atoms with Gasteiger partial charge in [-0.3, -0.25) is 9.69 Å². The maximum absolute atomic E-state index is 14.1. The average molecular weight is 515 g/mol. The van der Waals surface area contributed by atoms with Crippen LogP contribution in [0.3, 0.4) is 0 Å². The second kappa shape index (κ2) is 9.72. The number of anilines is 1. The van der Waals surface area contributed by atoms with Gasteiger partial charge in [-0.1, -0.05) is 24.3 Å². The molecule has 4 aromatic rings. The molecule has 1 spiro atoms. The summed E-state index contributed by atoms with van der Waals surface area (Å²) < 4.78 is 38.1. The molecular formula is C31H28F2N2O3. The topological polar surface area (TPSA) is 54.7 Å². The first-order valence-corrected chi connectivity index (χ1v) is 12.8. The van der Waals surface area contributed by atoms with Crippen molar-refractivity contribution in [3.8, 4) is 17.1 Å². The first kappa shape index (κ1) is 24.4. The summed E-state index contributed by atoms with van der Waals surface area (Å²) in [5, 5.41) is 3.79. The highest BCUT2D eigenvalue weighted by molar-refractivity contribution is 6.09. The SMILES string of the molecule is COc1ccc(C2C(=O)c3ccc(-c4ccco4)cc3NC23CCN(Cc2ccc(F)c(F)c2)CC3)cc1. The predicted molar refractivity (Wildman–Crippen MR) is 141 cm³/mol. The molecule has 1 saturated heterocycles. The van der Waals surface area contributed by atoms with Crippen molar-refractivity contribution in [2.45, 2.75) is 30.8 Å². The Hall–Kier alpha value is -3.97. The van der Waals surface area contributed by atoms with Crippen molar-refractivity contribution in [2.24, 2.45) is 0 Å². The number of rotatable bonds is 5. The van der Waals surface area contributed by atoms with Gasteiger partial charge in [0.2, 0.25) is 0 Å². The van der Waals surface area contributed by atoms with Crippen LogP contribution in [0.2, 0.25) is 0 Å². The molecule has 0 saturated carbocycles. The number of benzene rings is 3. The maximum atomic E-state index is 14.1. The number of furan rings is 1. The fourth-order valence-corrected chi connectivity index (χ4v) is 5.89. The minimum Gasteiger partial charge on any atom is -0.497 e. The van der Waals surface area contributed by atoms with Crippen LogP contribution in [0.1, 0.15) is 40.2 Å². The molecule has 0 amide bonds. The van der Waals surface area contributed by atoms with Crippen molar-refractivity contribution >= 4 is 11.5 Å². The molecular weight excluding hydrogens is 486 g/mol. The fraction of sp³-hybridized carbons (Fsp3) is 0.258. The van der Waals surface area contributed by atoms with Gasteiger partial charge in [-0.15, -0.1) is 0 Å². The van der Waals surface area contributed by atoms with Crippen LogP contribution in [0.5, 0.6) is 5.75 Å². The number of fused-ring (bicyclic) bond motifs is 1. The molecule has 6 rings (SSSR count). The van der Waals surface area contributed by atoms with Gasteiger partial charge in [-0.25, -0.2) is 8.78 Å². The Labute approximate surface area is 220 Å². The molecule has 2 aliphatic heterocycles. The quantitative estimate of drug-likeness (QED) is 0.323. The first-order chi connectivity index (χ1) is 18.5. The van der Waals surface area contributed by atoms with Crippen LogP contribution in [0, 0.1) is 11.6 Å². The van der Waals surface area contributed by atoms with Crippen molar-refractivity contribution in [1.82, 2.24) is 4.90 Å². The fourth-order valence-electron chi connectivity index (χ4n) is 5.89. The normalized spacial score (nSPS) is 18.7. The number of methoxy groups -OCH3 is 1. The van der Waals surface area contributed by atoms with Crippen LogP contribution >= 0.6 is 0 Å². The van der Waals surface area contributed by atoms with Gasteiger partial charge in [0.25, 0.3) is 0 Å². The minimum absolute atomic E-state index is 0.0870. The lowest BCUT2D eigenvalue weighted by Crippen LogP contribution is -2.56. The van der Waals surface area contributed by atoms with Gasteiger partial charge >= 0.3 is 0 Å². The number of ether oxygens (including phenoxy) is 1. The monoisotopic (exact) mass is 514 g/mol. The molecule has 7 heteroatoms. The molecule has 3 heterocycles. The van der Waals surface area contributed by atoms with Gasteiger partial charge < -0.3 is 14.5 Å². The number of likely N-dealkylation sites (tertiary alicyclic amines) is 1. The molecule has 1 aromatic heterocycles. The Morgan fingerprint density at radius 3 is 2.47 bits per heavy atom. The summed E-state index contributed by atoms with van der Waals surface area (Å²) in [6.07, 6.45) is 3.06. The Morgan fingerprint density at radius 1 is 1.00 bits per heavy atom. The largest absolute Gasteiger partial charge is 0.497 e. The summed E-state index contributed by atoms with van der Waals surface area (Å²) >= 11 is 0. The summed E-state index contributed by atoms with van der Waals surface area (Å²) in [4.78, 5) is 16.3. The molecule has 38 heavy (non-hydrogen) atoms. The number of carbonyl (C=O) groups is 1. The highest BCUT2D eigenvalue weighted by Gasteiger charge is 2.49. The number of nitrogens with zero attached hydrogens (tertiary/aromatic N) is 1. The van der Waals surface area contributed by atoms with Crippen LogP contribution in [0.15, 0.2) is 83.5 Å². The lowest BCUT2D eigenvalue weighted by atomic mass is 9.67. The van der Waals surface area contributed by atoms with Crippen LogP contribution in [0.25, 0.3) is 11.3 Å². The Morgan fingerprint density at radius 2 is 1.79 bits per heavy atom. The van der Waals surface area contributed by atoms with Gasteiger partial charge in [-0.05, 0) is 72.5 Å². The second-order valence-electron chi connectivity index (χ2n) is 10.1. The van der Waals surface area contributed by atoms with Gasteiger partial charge in [0.1, 0.15) is 11.5 Å². The number of piperidine rings is 1. The zero-order valence-electron chi connectivity index (χ0n) is 21.0. The summed E-state index contributed by atoms with van der Waals surface area (Å²) in [5.41, 5.74) is 3.55. The second-order valence-corrected chi connectivity index (χ2v) is 10.1. The van der Waals surface area contributed by atoms with Crippen molar-refractivity contribution in [3.05, 3.63) is 107 Å². The van der Waals surface area contributed by atoms with Crippen LogP contribution in [-0.4, -0.2) is 36.4 Å². The Balaban J connectivity index is 1.33.